The van der Waals surface area contributed by atoms with Gasteiger partial charge in [0.25, 0.3) is 0 Å². The van der Waals surface area contributed by atoms with Crippen LogP contribution in [0.3, 0.4) is 0 Å². The molecule has 2 N–H and O–H groups in total. The van der Waals surface area contributed by atoms with Crippen molar-refractivity contribution >= 4 is 23.2 Å². The molecule has 0 fully saturated rings. The highest BCUT2D eigenvalue weighted by atomic mass is 35.5. The molecule has 0 aliphatic carbocycles. The minimum Gasteiger partial charge on any atom is -0.330 e. The Bertz CT molecular complexity index is 272. The first-order valence-electron chi connectivity index (χ1n) is 5.29. The zero-order valence-corrected chi connectivity index (χ0v) is 10.9. The average molecular weight is 248 g/mol. The maximum Gasteiger partial charge on any atom is 0.0452 e. The predicted molar refractivity (Wildman–Crippen MR) is 69.8 cm³/mol. The molecule has 0 unspecified atom stereocenters. The van der Waals surface area contributed by atoms with Gasteiger partial charge in [-0.1, -0.05) is 49.5 Å². The van der Waals surface area contributed by atoms with Crippen LogP contribution in [0.1, 0.15) is 32.3 Å². The van der Waals surface area contributed by atoms with Gasteiger partial charge in [-0.3, -0.25) is 0 Å². The lowest BCUT2D eigenvalue weighted by Crippen LogP contribution is -1.95. The first kappa shape index (κ1) is 14.8. The van der Waals surface area contributed by atoms with Crippen molar-refractivity contribution < 1.29 is 0 Å². The highest BCUT2D eigenvalue weighted by molar-refractivity contribution is 6.35. The molecule has 0 radical (unpaired) electrons. The van der Waals surface area contributed by atoms with E-state index >= 15 is 0 Å². The summed E-state index contributed by atoms with van der Waals surface area (Å²) in [6.07, 6.45) is 3.34. The van der Waals surface area contributed by atoms with E-state index in [9.17, 15) is 0 Å². The third kappa shape index (κ3) is 6.77. The van der Waals surface area contributed by atoms with Gasteiger partial charge in [0, 0.05) is 10.0 Å². The maximum absolute atomic E-state index is 5.85. The molecule has 1 rings (SSSR count). The predicted octanol–water partition coefficient (Wildman–Crippen LogP) is 4.30. The highest BCUT2D eigenvalue weighted by Gasteiger charge is 1.96. The van der Waals surface area contributed by atoms with Crippen LogP contribution in [-0.4, -0.2) is 6.54 Å². The average Bonchev–Trinajstić information content (AvgIpc) is 2.20. The van der Waals surface area contributed by atoms with Gasteiger partial charge in [0.2, 0.25) is 0 Å². The Hall–Kier alpha value is -0.240. The molecule has 0 saturated heterocycles. The fourth-order valence-electron chi connectivity index (χ4n) is 1.01. The Kier molecular flexibility index (Phi) is 8.88. The van der Waals surface area contributed by atoms with Gasteiger partial charge in [-0.15, -0.1) is 0 Å². The van der Waals surface area contributed by atoms with Crippen molar-refractivity contribution in [1.29, 1.82) is 0 Å². The van der Waals surface area contributed by atoms with Crippen molar-refractivity contribution in [1.82, 2.24) is 0 Å². The van der Waals surface area contributed by atoms with Crippen molar-refractivity contribution in [2.45, 2.75) is 33.1 Å². The van der Waals surface area contributed by atoms with Gasteiger partial charge in [-0.25, -0.2) is 0 Å². The molecule has 0 saturated carbocycles. The molecule has 86 valence electrons. The zero-order valence-electron chi connectivity index (χ0n) is 9.39. The Morgan fingerprint density at radius 3 is 2.20 bits per heavy atom. The molecular weight excluding hydrogens is 229 g/mol. The summed E-state index contributed by atoms with van der Waals surface area (Å²) >= 11 is 11.5. The number of unbranched alkanes of at least 4 members (excludes halogenated alkanes) is 1. The lowest BCUT2D eigenvalue weighted by molar-refractivity contribution is 0.807. The van der Waals surface area contributed by atoms with E-state index in [1.807, 2.05) is 12.1 Å². The van der Waals surface area contributed by atoms with E-state index in [-0.39, 0.29) is 0 Å². The molecule has 0 atom stereocenters. The second kappa shape index (κ2) is 9.02. The molecule has 1 nitrogen and oxygen atoms in total. The van der Waals surface area contributed by atoms with Crippen LogP contribution in [0.25, 0.3) is 0 Å². The van der Waals surface area contributed by atoms with Gasteiger partial charge in [-0.2, -0.15) is 0 Å². The Balaban J connectivity index is 0.000000336. The topological polar surface area (TPSA) is 26.0 Å². The van der Waals surface area contributed by atoms with Crippen LogP contribution in [0.4, 0.5) is 0 Å². The van der Waals surface area contributed by atoms with E-state index in [0.717, 1.165) is 23.6 Å². The van der Waals surface area contributed by atoms with Crippen LogP contribution in [0.2, 0.25) is 10.0 Å². The van der Waals surface area contributed by atoms with Gasteiger partial charge in [0.05, 0.1) is 0 Å². The first-order chi connectivity index (χ1) is 7.15. The quantitative estimate of drug-likeness (QED) is 0.847. The monoisotopic (exact) mass is 247 g/mol. The summed E-state index contributed by atoms with van der Waals surface area (Å²) in [6.45, 7) is 5.04. The third-order valence-corrected chi connectivity index (χ3v) is 2.54. The summed E-state index contributed by atoms with van der Waals surface area (Å²) in [4.78, 5) is 0. The Labute approximate surface area is 103 Å². The van der Waals surface area contributed by atoms with Gasteiger partial charge in [-0.05, 0) is 37.1 Å². The molecule has 3 heteroatoms. The number of nitrogens with two attached hydrogens (primary N) is 1. The molecule has 0 heterocycles. The molecule has 1 aromatic rings. The molecule has 0 amide bonds. The fourth-order valence-corrected chi connectivity index (χ4v) is 1.55. The lowest BCUT2D eigenvalue weighted by Gasteiger charge is -1.98. The number of aryl methyl sites for hydroxylation is 1. The van der Waals surface area contributed by atoms with E-state index in [0.29, 0.717) is 5.02 Å². The molecular formula is C12H19Cl2N. The molecule has 1 aromatic carbocycles. The Morgan fingerprint density at radius 2 is 1.87 bits per heavy atom. The second-order valence-electron chi connectivity index (χ2n) is 3.23. The number of halogens is 2. The van der Waals surface area contributed by atoms with E-state index in [1.54, 1.807) is 6.07 Å². The van der Waals surface area contributed by atoms with E-state index in [1.165, 1.54) is 12.8 Å². The van der Waals surface area contributed by atoms with Crippen LogP contribution < -0.4 is 5.73 Å². The summed E-state index contributed by atoms with van der Waals surface area (Å²) < 4.78 is 0. The van der Waals surface area contributed by atoms with Crippen molar-refractivity contribution in [2.75, 3.05) is 6.54 Å². The van der Waals surface area contributed by atoms with Gasteiger partial charge in [0.1, 0.15) is 0 Å². The molecule has 0 bridgehead atoms. The minimum atomic E-state index is 0.696. The van der Waals surface area contributed by atoms with Crippen molar-refractivity contribution in [3.63, 3.8) is 0 Å². The van der Waals surface area contributed by atoms with Crippen LogP contribution in [0.15, 0.2) is 18.2 Å². The Morgan fingerprint density at radius 1 is 1.20 bits per heavy atom. The smallest absolute Gasteiger partial charge is 0.0452 e. The minimum absolute atomic E-state index is 0.696. The third-order valence-electron chi connectivity index (χ3n) is 1.95. The van der Waals surface area contributed by atoms with Crippen LogP contribution in [0.5, 0.6) is 0 Å². The van der Waals surface area contributed by atoms with Gasteiger partial charge >= 0.3 is 0 Å². The van der Waals surface area contributed by atoms with E-state index in [4.69, 9.17) is 28.9 Å². The summed E-state index contributed by atoms with van der Waals surface area (Å²) in [7, 11) is 0. The van der Waals surface area contributed by atoms with Crippen LogP contribution >= 0.6 is 23.2 Å². The molecule has 0 aliphatic rings. The van der Waals surface area contributed by atoms with Crippen LogP contribution in [-0.2, 0) is 6.42 Å². The normalized spacial score (nSPS) is 9.40. The summed E-state index contributed by atoms with van der Waals surface area (Å²) in [5, 5.41) is 1.46. The van der Waals surface area contributed by atoms with Gasteiger partial charge < -0.3 is 5.73 Å². The second-order valence-corrected chi connectivity index (χ2v) is 4.08. The lowest BCUT2D eigenvalue weighted by atomic mass is 10.2. The largest absolute Gasteiger partial charge is 0.330 e. The van der Waals surface area contributed by atoms with E-state index < -0.39 is 0 Å². The van der Waals surface area contributed by atoms with Crippen molar-refractivity contribution in [3.05, 3.63) is 33.8 Å². The molecule has 0 aromatic heterocycles. The van der Waals surface area contributed by atoms with Crippen molar-refractivity contribution in [2.24, 2.45) is 5.73 Å². The molecule has 0 spiro atoms. The maximum atomic E-state index is 5.85. The number of hydrogen-bond acceptors (Lipinski definition) is 1. The van der Waals surface area contributed by atoms with Gasteiger partial charge in [0.15, 0.2) is 0 Å². The highest BCUT2D eigenvalue weighted by Crippen LogP contribution is 2.20. The van der Waals surface area contributed by atoms with E-state index in [2.05, 4.69) is 13.8 Å². The summed E-state index contributed by atoms with van der Waals surface area (Å²) in [6, 6.07) is 5.57. The van der Waals surface area contributed by atoms with Crippen molar-refractivity contribution in [3.8, 4) is 0 Å². The molecule has 0 aliphatic heterocycles. The summed E-state index contributed by atoms with van der Waals surface area (Å²) in [5.74, 6) is 0. The SMILES string of the molecule is CCCCN.CCc1ccc(Cl)cc1Cl. The first-order valence-corrected chi connectivity index (χ1v) is 6.05. The van der Waals surface area contributed by atoms with Crippen LogP contribution in [0, 0.1) is 0 Å². The number of benzene rings is 1. The summed E-state index contributed by atoms with van der Waals surface area (Å²) in [5.41, 5.74) is 6.28. The standard InChI is InChI=1S/C8H8Cl2.C4H11N/c1-2-6-3-4-7(9)5-8(6)10;1-2-3-4-5/h3-5H,2H2,1H3;2-5H2,1H3. The molecule has 15 heavy (non-hydrogen) atoms. The fraction of sp³-hybridized carbons (Fsp3) is 0.500. The number of hydrogen-bond donors (Lipinski definition) is 1. The number of rotatable bonds is 3. The zero-order chi connectivity index (χ0) is 11.7.